The third-order valence-corrected chi connectivity index (χ3v) is 9.00. The Hall–Kier alpha value is -2.98. The van der Waals surface area contributed by atoms with Gasteiger partial charge in [0.2, 0.25) is 5.95 Å². The fraction of sp³-hybridized carbons (Fsp3) is 0.536. The number of hydrogen-bond donors (Lipinski definition) is 2. The minimum Gasteiger partial charge on any atom is -0.393 e. The third-order valence-electron chi connectivity index (χ3n) is 7.97. The molecule has 0 saturated carbocycles. The van der Waals surface area contributed by atoms with Crippen LogP contribution < -0.4 is 15.1 Å². The molecule has 0 bridgehead atoms. The zero-order valence-corrected chi connectivity index (χ0v) is 23.6. The van der Waals surface area contributed by atoms with Crippen molar-refractivity contribution in [1.82, 2.24) is 15.0 Å². The van der Waals surface area contributed by atoms with Gasteiger partial charge >= 0.3 is 0 Å². The second kappa shape index (κ2) is 10.3. The highest BCUT2D eigenvalue weighted by Gasteiger charge is 2.38. The highest BCUT2D eigenvalue weighted by Crippen LogP contribution is 2.39. The molecule has 10 heteroatoms. The van der Waals surface area contributed by atoms with E-state index in [2.05, 4.69) is 66.0 Å². The molecule has 4 heterocycles. The van der Waals surface area contributed by atoms with Gasteiger partial charge in [0, 0.05) is 60.8 Å². The largest absolute Gasteiger partial charge is 0.393 e. The first-order valence-corrected chi connectivity index (χ1v) is 15.5. The van der Waals surface area contributed by atoms with Gasteiger partial charge in [-0.3, -0.25) is 0 Å². The maximum Gasteiger partial charge on any atom is 0.227 e. The van der Waals surface area contributed by atoms with Gasteiger partial charge in [0.15, 0.2) is 0 Å². The highest BCUT2D eigenvalue weighted by atomic mass is 32.2. The number of piperidine rings is 1. The summed E-state index contributed by atoms with van der Waals surface area (Å²) in [5.74, 6) is 2.70. The van der Waals surface area contributed by atoms with E-state index in [4.69, 9.17) is 9.97 Å². The zero-order chi connectivity index (χ0) is 27.2. The number of rotatable bonds is 7. The molecular weight excluding hydrogens is 500 g/mol. The molecule has 9 nitrogen and oxygen atoms in total. The molecule has 38 heavy (non-hydrogen) atoms. The molecule has 0 amide bonds. The Bertz CT molecular complexity index is 1430. The minimum atomic E-state index is -3.01. The van der Waals surface area contributed by atoms with Crippen LogP contribution in [0.4, 0.5) is 23.3 Å². The first-order valence-electron chi connectivity index (χ1n) is 13.4. The number of nitrogens with zero attached hydrogens (tertiary/aromatic N) is 5. The molecule has 3 aromatic rings. The summed E-state index contributed by atoms with van der Waals surface area (Å²) < 4.78 is 23.7. The van der Waals surface area contributed by atoms with E-state index in [-0.39, 0.29) is 29.9 Å². The summed E-state index contributed by atoms with van der Waals surface area (Å²) in [5, 5.41) is 15.5. The number of aliphatic hydroxyl groups is 1. The van der Waals surface area contributed by atoms with Gasteiger partial charge in [0.25, 0.3) is 0 Å². The lowest BCUT2D eigenvalue weighted by atomic mass is 9.88. The molecule has 0 spiro atoms. The Kier molecular flexibility index (Phi) is 7.21. The predicted octanol–water partition coefficient (Wildman–Crippen LogP) is 4.11. The average Bonchev–Trinajstić information content (AvgIpc) is 2.85. The quantitative estimate of drug-likeness (QED) is 0.459. The maximum absolute atomic E-state index is 11.8. The van der Waals surface area contributed by atoms with E-state index in [9.17, 15) is 13.5 Å². The molecule has 5 rings (SSSR count). The number of pyridine rings is 1. The van der Waals surface area contributed by atoms with Crippen molar-refractivity contribution in [3.63, 3.8) is 0 Å². The summed E-state index contributed by atoms with van der Waals surface area (Å²) in [5.41, 5.74) is 2.32. The molecule has 0 unspecified atom stereocenters. The van der Waals surface area contributed by atoms with Gasteiger partial charge in [-0.1, -0.05) is 19.9 Å². The van der Waals surface area contributed by atoms with Crippen LogP contribution in [0.2, 0.25) is 0 Å². The van der Waals surface area contributed by atoms with Crippen molar-refractivity contribution in [1.29, 1.82) is 0 Å². The normalized spacial score (nSPS) is 24.1. The number of aromatic nitrogens is 3. The first kappa shape index (κ1) is 26.6. The van der Waals surface area contributed by atoms with E-state index in [0.717, 1.165) is 29.5 Å². The molecule has 1 aromatic carbocycles. The van der Waals surface area contributed by atoms with Crippen LogP contribution in [0.5, 0.6) is 0 Å². The van der Waals surface area contributed by atoms with Crippen molar-refractivity contribution in [2.75, 3.05) is 40.2 Å². The van der Waals surface area contributed by atoms with Gasteiger partial charge in [-0.15, -0.1) is 0 Å². The fourth-order valence-electron chi connectivity index (χ4n) is 5.79. The smallest absolute Gasteiger partial charge is 0.227 e. The van der Waals surface area contributed by atoms with E-state index in [1.165, 1.54) is 11.8 Å². The second-order valence-corrected chi connectivity index (χ2v) is 13.5. The Morgan fingerprint density at radius 2 is 1.89 bits per heavy atom. The van der Waals surface area contributed by atoms with Crippen LogP contribution in [-0.2, 0) is 9.84 Å². The van der Waals surface area contributed by atoms with Gasteiger partial charge in [0.1, 0.15) is 21.5 Å². The van der Waals surface area contributed by atoms with Crippen molar-refractivity contribution in [2.24, 2.45) is 5.92 Å². The molecule has 2 aromatic heterocycles. The van der Waals surface area contributed by atoms with Crippen LogP contribution in [0.1, 0.15) is 52.0 Å². The van der Waals surface area contributed by atoms with Crippen LogP contribution in [0.15, 0.2) is 36.7 Å². The van der Waals surface area contributed by atoms with E-state index in [1.807, 2.05) is 12.3 Å². The number of anilines is 4. The molecule has 2 N–H and O–H groups in total. The summed E-state index contributed by atoms with van der Waals surface area (Å²) in [6.45, 7) is 10.00. The Labute approximate surface area is 225 Å². The summed E-state index contributed by atoms with van der Waals surface area (Å²) in [7, 11) is -3.01. The topological polar surface area (TPSA) is 112 Å². The van der Waals surface area contributed by atoms with Crippen LogP contribution in [0, 0.1) is 5.92 Å². The first-order chi connectivity index (χ1) is 18.0. The van der Waals surface area contributed by atoms with E-state index in [1.54, 1.807) is 6.20 Å². The molecular formula is C28H38N6O3S. The van der Waals surface area contributed by atoms with E-state index in [0.29, 0.717) is 36.3 Å². The number of aliphatic hydroxyl groups excluding tert-OH is 1. The van der Waals surface area contributed by atoms with Gasteiger partial charge < -0.3 is 20.2 Å². The number of nitrogens with one attached hydrogen (secondary N) is 1. The van der Waals surface area contributed by atoms with Crippen LogP contribution in [-0.4, -0.2) is 71.8 Å². The second-order valence-electron chi connectivity index (χ2n) is 11.3. The SMILES string of the molecule is CC(C)c1ccc(N2C[C@H](CS(C)(=O)=O)[C@H]2C)c2cnc(Nc3ccnc(N4CC[C@@H](O)C[C@H]4C)n3)cc12. The number of hydrogen-bond acceptors (Lipinski definition) is 9. The van der Waals surface area contributed by atoms with Crippen molar-refractivity contribution in [3.05, 3.63) is 42.2 Å². The Morgan fingerprint density at radius 3 is 2.58 bits per heavy atom. The summed E-state index contributed by atoms with van der Waals surface area (Å²) >= 11 is 0. The molecule has 0 radical (unpaired) electrons. The lowest BCUT2D eigenvalue weighted by Gasteiger charge is -2.48. The summed E-state index contributed by atoms with van der Waals surface area (Å²) in [6.07, 6.45) is 6.12. The van der Waals surface area contributed by atoms with Crippen molar-refractivity contribution >= 4 is 43.9 Å². The lowest BCUT2D eigenvalue weighted by molar-refractivity contribution is 0.131. The minimum absolute atomic E-state index is 0.136. The zero-order valence-electron chi connectivity index (χ0n) is 22.8. The van der Waals surface area contributed by atoms with Crippen LogP contribution >= 0.6 is 0 Å². The summed E-state index contributed by atoms with van der Waals surface area (Å²) in [4.78, 5) is 18.4. The monoisotopic (exact) mass is 538 g/mol. The van der Waals surface area contributed by atoms with E-state index >= 15 is 0 Å². The maximum atomic E-state index is 11.8. The van der Waals surface area contributed by atoms with Crippen LogP contribution in [0.25, 0.3) is 10.8 Å². The standard InChI is InChI=1S/C28H38N6O3S/c1-17(2)22-6-7-25(34-15-20(19(34)4)16-38(5,36)37)24-14-30-27(13-23(22)24)31-26-8-10-29-28(32-26)33-11-9-21(35)12-18(33)3/h6-8,10,13-14,17-21,35H,9,11-12,15-16H2,1-5H3,(H,29,30,31,32)/t18-,19-,20-,21-/m1/s1. The molecule has 2 aliphatic heterocycles. The predicted molar refractivity (Wildman–Crippen MR) is 153 cm³/mol. The van der Waals surface area contributed by atoms with Gasteiger partial charge in [-0.2, -0.15) is 4.98 Å². The van der Waals surface area contributed by atoms with Gasteiger partial charge in [0.05, 0.1) is 11.9 Å². The Morgan fingerprint density at radius 1 is 1.11 bits per heavy atom. The number of benzene rings is 1. The van der Waals surface area contributed by atoms with Crippen molar-refractivity contribution < 1.29 is 13.5 Å². The van der Waals surface area contributed by atoms with Crippen molar-refractivity contribution in [2.45, 2.75) is 64.6 Å². The van der Waals surface area contributed by atoms with Crippen molar-refractivity contribution in [3.8, 4) is 0 Å². The molecule has 0 aliphatic carbocycles. The molecule has 2 fully saturated rings. The molecule has 4 atom stereocenters. The average molecular weight is 539 g/mol. The third kappa shape index (κ3) is 5.42. The van der Waals surface area contributed by atoms with Gasteiger partial charge in [-0.05, 0) is 61.8 Å². The molecule has 2 aliphatic rings. The number of sulfone groups is 1. The van der Waals surface area contributed by atoms with Gasteiger partial charge in [-0.25, -0.2) is 18.4 Å². The number of fused-ring (bicyclic) bond motifs is 1. The highest BCUT2D eigenvalue weighted by molar-refractivity contribution is 7.90. The lowest BCUT2D eigenvalue weighted by Crippen LogP contribution is -2.57. The van der Waals surface area contributed by atoms with E-state index < -0.39 is 9.84 Å². The van der Waals surface area contributed by atoms with Crippen LogP contribution in [0.3, 0.4) is 0 Å². The summed E-state index contributed by atoms with van der Waals surface area (Å²) in [6, 6.07) is 8.55. The fourth-order valence-corrected chi connectivity index (χ4v) is 6.95. The Balaban J connectivity index is 1.42. The molecule has 2 saturated heterocycles. The molecule has 204 valence electrons.